The third-order valence-corrected chi connectivity index (χ3v) is 4.37. The highest BCUT2D eigenvalue weighted by Gasteiger charge is 2.36. The van der Waals surface area contributed by atoms with Crippen molar-refractivity contribution in [2.24, 2.45) is 0 Å². The monoisotopic (exact) mass is 260 g/mol. The average Bonchev–Trinajstić information content (AvgIpc) is 2.98. The third-order valence-electron chi connectivity index (χ3n) is 4.37. The fourth-order valence-corrected chi connectivity index (χ4v) is 3.44. The van der Waals surface area contributed by atoms with Gasteiger partial charge in [-0.05, 0) is 50.4 Å². The molecule has 0 saturated carbocycles. The second kappa shape index (κ2) is 5.93. The Balaban J connectivity index is 1.39. The zero-order valence-electron chi connectivity index (χ0n) is 11.8. The van der Waals surface area contributed by atoms with Crippen molar-refractivity contribution in [1.82, 2.24) is 10.2 Å². The lowest BCUT2D eigenvalue weighted by atomic mass is 10.1. The second-order valence-electron chi connectivity index (χ2n) is 5.76. The Kier molecular flexibility index (Phi) is 4.04. The van der Waals surface area contributed by atoms with E-state index >= 15 is 0 Å². The predicted molar refractivity (Wildman–Crippen MR) is 77.7 cm³/mol. The molecule has 3 rings (SSSR count). The number of rotatable bonds is 5. The highest BCUT2D eigenvalue weighted by Crippen LogP contribution is 2.27. The maximum absolute atomic E-state index is 5.78. The highest BCUT2D eigenvalue weighted by atomic mass is 16.5. The summed E-state index contributed by atoms with van der Waals surface area (Å²) in [7, 11) is 0. The van der Waals surface area contributed by atoms with E-state index in [2.05, 4.69) is 29.3 Å². The number of aryl methyl sites for hydroxylation is 1. The van der Waals surface area contributed by atoms with E-state index in [-0.39, 0.29) is 0 Å². The summed E-state index contributed by atoms with van der Waals surface area (Å²) in [6.07, 6.45) is 4.05. The second-order valence-corrected chi connectivity index (χ2v) is 5.76. The summed E-state index contributed by atoms with van der Waals surface area (Å²) in [4.78, 5) is 2.64. The van der Waals surface area contributed by atoms with E-state index in [0.717, 1.165) is 24.9 Å². The molecule has 0 spiro atoms. The van der Waals surface area contributed by atoms with Gasteiger partial charge in [-0.25, -0.2) is 0 Å². The molecule has 3 heteroatoms. The van der Waals surface area contributed by atoms with Gasteiger partial charge in [0.1, 0.15) is 12.4 Å². The van der Waals surface area contributed by atoms with Crippen LogP contribution in [-0.2, 0) is 0 Å². The molecule has 0 amide bonds. The largest absolute Gasteiger partial charge is 0.492 e. The van der Waals surface area contributed by atoms with Crippen LogP contribution in [-0.4, -0.2) is 43.2 Å². The molecule has 2 saturated heterocycles. The molecule has 19 heavy (non-hydrogen) atoms. The van der Waals surface area contributed by atoms with Crippen LogP contribution in [0.2, 0.25) is 0 Å². The Morgan fingerprint density at radius 1 is 1.32 bits per heavy atom. The van der Waals surface area contributed by atoms with Gasteiger partial charge < -0.3 is 10.1 Å². The first-order valence-corrected chi connectivity index (χ1v) is 7.50. The summed E-state index contributed by atoms with van der Waals surface area (Å²) in [5.74, 6) is 0.982. The Morgan fingerprint density at radius 3 is 3.16 bits per heavy atom. The zero-order chi connectivity index (χ0) is 13.1. The van der Waals surface area contributed by atoms with Crippen LogP contribution in [0.1, 0.15) is 24.8 Å². The molecule has 0 radical (unpaired) electrons. The molecule has 3 nitrogen and oxygen atoms in total. The molecular weight excluding hydrogens is 236 g/mol. The minimum Gasteiger partial charge on any atom is -0.492 e. The van der Waals surface area contributed by atoms with E-state index in [1.807, 2.05) is 12.1 Å². The summed E-state index contributed by atoms with van der Waals surface area (Å²) in [5, 5.41) is 3.67. The van der Waals surface area contributed by atoms with Crippen LogP contribution in [0.4, 0.5) is 0 Å². The molecule has 2 heterocycles. The molecule has 1 N–H and O–H groups in total. The fourth-order valence-electron chi connectivity index (χ4n) is 3.44. The van der Waals surface area contributed by atoms with Gasteiger partial charge in [0, 0.05) is 25.2 Å². The van der Waals surface area contributed by atoms with Gasteiger partial charge >= 0.3 is 0 Å². The molecule has 2 aliphatic rings. The minimum absolute atomic E-state index is 0.684. The summed E-state index contributed by atoms with van der Waals surface area (Å²) in [6, 6.07) is 9.74. The van der Waals surface area contributed by atoms with Crippen molar-refractivity contribution in [3.8, 4) is 5.75 Å². The van der Waals surface area contributed by atoms with E-state index in [9.17, 15) is 0 Å². The number of fused-ring (bicyclic) bond motifs is 1. The standard InChI is InChI=1S/C16H24N2O/c1-13-4-2-5-14(12-13)19-11-8-17-15-7-10-18-9-3-6-16(15)18/h2,4-5,12,15-17H,3,6-11H2,1H3. The lowest BCUT2D eigenvalue weighted by Crippen LogP contribution is -2.40. The summed E-state index contributed by atoms with van der Waals surface area (Å²) in [5.41, 5.74) is 1.25. The highest BCUT2D eigenvalue weighted by molar-refractivity contribution is 5.27. The van der Waals surface area contributed by atoms with Gasteiger partial charge in [0.2, 0.25) is 0 Å². The van der Waals surface area contributed by atoms with Crippen molar-refractivity contribution in [2.45, 2.75) is 38.3 Å². The summed E-state index contributed by atoms with van der Waals surface area (Å²) >= 11 is 0. The first kappa shape index (κ1) is 12.9. The topological polar surface area (TPSA) is 24.5 Å². The minimum atomic E-state index is 0.684. The normalized spacial score (nSPS) is 26.6. The molecule has 2 aliphatic heterocycles. The van der Waals surface area contributed by atoms with Crippen molar-refractivity contribution in [2.75, 3.05) is 26.2 Å². The maximum Gasteiger partial charge on any atom is 0.119 e. The molecule has 2 atom stereocenters. The summed E-state index contributed by atoms with van der Waals surface area (Å²) in [6.45, 7) is 6.39. The molecule has 104 valence electrons. The van der Waals surface area contributed by atoms with Crippen molar-refractivity contribution < 1.29 is 4.74 Å². The van der Waals surface area contributed by atoms with E-state index in [1.54, 1.807) is 0 Å². The number of hydrogen-bond donors (Lipinski definition) is 1. The van der Waals surface area contributed by atoms with Crippen molar-refractivity contribution in [3.63, 3.8) is 0 Å². The van der Waals surface area contributed by atoms with Crippen molar-refractivity contribution in [3.05, 3.63) is 29.8 Å². The number of nitrogens with one attached hydrogen (secondary N) is 1. The van der Waals surface area contributed by atoms with Crippen LogP contribution in [0.15, 0.2) is 24.3 Å². The van der Waals surface area contributed by atoms with E-state index in [4.69, 9.17) is 4.74 Å². The predicted octanol–water partition coefficient (Wildman–Crippen LogP) is 2.20. The third kappa shape index (κ3) is 3.10. The quantitative estimate of drug-likeness (QED) is 0.821. The SMILES string of the molecule is Cc1cccc(OCCNC2CCN3CCCC23)c1. The first-order valence-electron chi connectivity index (χ1n) is 7.50. The Labute approximate surface area is 115 Å². The lowest BCUT2D eigenvalue weighted by Gasteiger charge is -2.21. The zero-order valence-corrected chi connectivity index (χ0v) is 11.8. The Morgan fingerprint density at radius 2 is 2.26 bits per heavy atom. The smallest absolute Gasteiger partial charge is 0.119 e. The molecule has 0 aliphatic carbocycles. The lowest BCUT2D eigenvalue weighted by molar-refractivity contribution is 0.276. The van der Waals surface area contributed by atoms with Gasteiger partial charge in [0.05, 0.1) is 0 Å². The van der Waals surface area contributed by atoms with Gasteiger partial charge in [0.15, 0.2) is 0 Å². The van der Waals surface area contributed by atoms with E-state index in [1.165, 1.54) is 37.9 Å². The maximum atomic E-state index is 5.78. The van der Waals surface area contributed by atoms with E-state index in [0.29, 0.717) is 6.04 Å². The molecule has 1 aromatic carbocycles. The van der Waals surface area contributed by atoms with Crippen molar-refractivity contribution in [1.29, 1.82) is 0 Å². The molecule has 1 aromatic rings. The van der Waals surface area contributed by atoms with Crippen LogP contribution < -0.4 is 10.1 Å². The van der Waals surface area contributed by atoms with Gasteiger partial charge in [-0.2, -0.15) is 0 Å². The molecular formula is C16H24N2O. The van der Waals surface area contributed by atoms with Crippen molar-refractivity contribution >= 4 is 0 Å². The van der Waals surface area contributed by atoms with Gasteiger partial charge in [-0.3, -0.25) is 4.90 Å². The summed E-state index contributed by atoms with van der Waals surface area (Å²) < 4.78 is 5.78. The first-order chi connectivity index (χ1) is 9.33. The fraction of sp³-hybridized carbons (Fsp3) is 0.625. The van der Waals surface area contributed by atoms with Gasteiger partial charge in [0.25, 0.3) is 0 Å². The average molecular weight is 260 g/mol. The Hall–Kier alpha value is -1.06. The number of ether oxygens (including phenoxy) is 1. The van der Waals surface area contributed by atoms with Crippen LogP contribution >= 0.6 is 0 Å². The van der Waals surface area contributed by atoms with Crippen LogP contribution in [0.3, 0.4) is 0 Å². The van der Waals surface area contributed by atoms with Crippen LogP contribution in [0, 0.1) is 6.92 Å². The van der Waals surface area contributed by atoms with Gasteiger partial charge in [-0.15, -0.1) is 0 Å². The van der Waals surface area contributed by atoms with Gasteiger partial charge in [-0.1, -0.05) is 12.1 Å². The van der Waals surface area contributed by atoms with E-state index < -0.39 is 0 Å². The number of nitrogens with zero attached hydrogens (tertiary/aromatic N) is 1. The molecule has 2 unspecified atom stereocenters. The molecule has 0 aromatic heterocycles. The number of hydrogen-bond acceptors (Lipinski definition) is 3. The number of benzene rings is 1. The molecule has 2 fully saturated rings. The molecule has 0 bridgehead atoms. The Bertz CT molecular complexity index is 421. The van der Waals surface area contributed by atoms with Crippen LogP contribution in [0.5, 0.6) is 5.75 Å². The van der Waals surface area contributed by atoms with Crippen LogP contribution in [0.25, 0.3) is 0 Å².